The Balaban J connectivity index is 2.34. The van der Waals surface area contributed by atoms with Crippen molar-refractivity contribution in [3.63, 3.8) is 0 Å². The third-order valence-corrected chi connectivity index (χ3v) is 3.51. The van der Waals surface area contributed by atoms with Gasteiger partial charge in [0.05, 0.1) is 6.61 Å². The van der Waals surface area contributed by atoms with Crippen molar-refractivity contribution in [1.82, 2.24) is 15.1 Å². The fraction of sp³-hybridized carbons (Fsp3) is 0.923. The van der Waals surface area contributed by atoms with Crippen molar-refractivity contribution >= 4 is 6.03 Å². The Labute approximate surface area is 110 Å². The number of hydrogen-bond donors (Lipinski definition) is 2. The van der Waals surface area contributed by atoms with Crippen molar-refractivity contribution < 1.29 is 9.90 Å². The molecular formula is C13H27N3O2. The molecule has 2 N–H and O–H groups in total. The molecule has 1 rings (SSSR count). The van der Waals surface area contributed by atoms with E-state index in [1.54, 1.807) is 4.90 Å². The van der Waals surface area contributed by atoms with Crippen molar-refractivity contribution in [3.05, 3.63) is 0 Å². The molecule has 106 valence electrons. The molecule has 5 heteroatoms. The Hall–Kier alpha value is -0.810. The van der Waals surface area contributed by atoms with Crippen LogP contribution in [0.25, 0.3) is 0 Å². The van der Waals surface area contributed by atoms with Gasteiger partial charge < -0.3 is 20.2 Å². The van der Waals surface area contributed by atoms with Crippen molar-refractivity contribution in [1.29, 1.82) is 0 Å². The van der Waals surface area contributed by atoms with Crippen LogP contribution in [-0.4, -0.2) is 66.3 Å². The molecule has 1 heterocycles. The van der Waals surface area contributed by atoms with E-state index in [-0.39, 0.29) is 12.6 Å². The normalized spacial score (nSPS) is 17.7. The van der Waals surface area contributed by atoms with Gasteiger partial charge >= 0.3 is 6.03 Å². The topological polar surface area (TPSA) is 55.8 Å². The van der Waals surface area contributed by atoms with Gasteiger partial charge in [0.2, 0.25) is 0 Å². The minimum atomic E-state index is -0.0270. The second-order valence-electron chi connectivity index (χ2n) is 4.87. The van der Waals surface area contributed by atoms with E-state index in [4.69, 9.17) is 5.11 Å². The van der Waals surface area contributed by atoms with Crippen LogP contribution in [0.15, 0.2) is 0 Å². The number of likely N-dealkylation sites (tertiary alicyclic amines) is 1. The second-order valence-corrected chi connectivity index (χ2v) is 4.87. The lowest BCUT2D eigenvalue weighted by Gasteiger charge is -2.33. The molecule has 0 radical (unpaired) electrons. The summed E-state index contributed by atoms with van der Waals surface area (Å²) >= 11 is 0. The van der Waals surface area contributed by atoms with Crippen LogP contribution in [0.1, 0.15) is 33.1 Å². The maximum atomic E-state index is 12.0. The van der Waals surface area contributed by atoms with Crippen LogP contribution < -0.4 is 5.32 Å². The van der Waals surface area contributed by atoms with Gasteiger partial charge in [-0.15, -0.1) is 0 Å². The molecule has 0 aliphatic carbocycles. The van der Waals surface area contributed by atoms with Crippen LogP contribution in [0.3, 0.4) is 0 Å². The van der Waals surface area contributed by atoms with Gasteiger partial charge in [0.25, 0.3) is 0 Å². The number of rotatable bonds is 6. The molecular weight excluding hydrogens is 230 g/mol. The van der Waals surface area contributed by atoms with E-state index in [1.807, 2.05) is 6.92 Å². The summed E-state index contributed by atoms with van der Waals surface area (Å²) in [5.74, 6) is 0. The Morgan fingerprint density at radius 2 is 2.00 bits per heavy atom. The van der Waals surface area contributed by atoms with E-state index >= 15 is 0 Å². The molecule has 0 atom stereocenters. The zero-order valence-corrected chi connectivity index (χ0v) is 11.7. The molecule has 0 aromatic rings. The summed E-state index contributed by atoms with van der Waals surface area (Å²) in [6.07, 6.45) is 2.97. The number of piperidine rings is 1. The summed E-state index contributed by atoms with van der Waals surface area (Å²) in [4.78, 5) is 16.1. The molecule has 1 aliphatic heterocycles. The number of carbonyl (C=O) groups is 1. The molecule has 2 amide bonds. The molecule has 0 saturated carbocycles. The zero-order valence-electron chi connectivity index (χ0n) is 11.7. The summed E-state index contributed by atoms with van der Waals surface area (Å²) in [6, 6.07) is 0.263. The molecule has 0 bridgehead atoms. The van der Waals surface area contributed by atoms with Gasteiger partial charge in [-0.2, -0.15) is 0 Å². The van der Waals surface area contributed by atoms with E-state index in [0.717, 1.165) is 38.9 Å². The standard InChI is InChI=1S/C13H27N3O2/c1-3-7-16(10-11-17)13(18)14-12-5-8-15(4-2)9-6-12/h12,17H,3-11H2,1-2H3,(H,14,18). The van der Waals surface area contributed by atoms with Crippen molar-refractivity contribution in [3.8, 4) is 0 Å². The van der Waals surface area contributed by atoms with Gasteiger partial charge in [0, 0.05) is 32.2 Å². The van der Waals surface area contributed by atoms with E-state index in [1.165, 1.54) is 0 Å². The number of nitrogens with one attached hydrogen (secondary N) is 1. The van der Waals surface area contributed by atoms with Crippen LogP contribution >= 0.6 is 0 Å². The van der Waals surface area contributed by atoms with Crippen molar-refractivity contribution in [2.24, 2.45) is 0 Å². The van der Waals surface area contributed by atoms with E-state index in [9.17, 15) is 4.79 Å². The highest BCUT2D eigenvalue weighted by molar-refractivity contribution is 5.74. The SMILES string of the molecule is CCCN(CCO)C(=O)NC1CCN(CC)CC1. The minimum absolute atomic E-state index is 0.0270. The summed E-state index contributed by atoms with van der Waals surface area (Å²) in [7, 11) is 0. The van der Waals surface area contributed by atoms with Crippen LogP contribution in [0.4, 0.5) is 4.79 Å². The average Bonchev–Trinajstić information content (AvgIpc) is 2.39. The largest absolute Gasteiger partial charge is 0.395 e. The van der Waals surface area contributed by atoms with Crippen LogP contribution in [0.5, 0.6) is 0 Å². The average molecular weight is 257 g/mol. The minimum Gasteiger partial charge on any atom is -0.395 e. The summed E-state index contributed by atoms with van der Waals surface area (Å²) in [6.45, 7) is 8.59. The van der Waals surface area contributed by atoms with Gasteiger partial charge in [-0.1, -0.05) is 13.8 Å². The van der Waals surface area contributed by atoms with E-state index in [2.05, 4.69) is 17.1 Å². The number of amides is 2. The summed E-state index contributed by atoms with van der Waals surface area (Å²) < 4.78 is 0. The fourth-order valence-electron chi connectivity index (χ4n) is 2.36. The van der Waals surface area contributed by atoms with Gasteiger partial charge in [0.15, 0.2) is 0 Å². The third kappa shape index (κ3) is 4.82. The first kappa shape index (κ1) is 15.2. The fourth-order valence-corrected chi connectivity index (χ4v) is 2.36. The van der Waals surface area contributed by atoms with Gasteiger partial charge in [-0.3, -0.25) is 0 Å². The Morgan fingerprint density at radius 1 is 1.33 bits per heavy atom. The maximum Gasteiger partial charge on any atom is 0.317 e. The molecule has 1 fully saturated rings. The lowest BCUT2D eigenvalue weighted by Crippen LogP contribution is -2.50. The maximum absolute atomic E-state index is 12.0. The number of nitrogens with zero attached hydrogens (tertiary/aromatic N) is 2. The lowest BCUT2D eigenvalue weighted by atomic mass is 10.1. The predicted molar refractivity (Wildman–Crippen MR) is 72.6 cm³/mol. The molecule has 18 heavy (non-hydrogen) atoms. The highest BCUT2D eigenvalue weighted by atomic mass is 16.3. The first-order valence-electron chi connectivity index (χ1n) is 7.09. The quantitative estimate of drug-likeness (QED) is 0.743. The number of aliphatic hydroxyl groups is 1. The van der Waals surface area contributed by atoms with E-state index in [0.29, 0.717) is 19.1 Å². The summed E-state index contributed by atoms with van der Waals surface area (Å²) in [5.41, 5.74) is 0. The van der Waals surface area contributed by atoms with Crippen LogP contribution in [0.2, 0.25) is 0 Å². The summed E-state index contributed by atoms with van der Waals surface area (Å²) in [5, 5.41) is 12.0. The van der Waals surface area contributed by atoms with Crippen LogP contribution in [-0.2, 0) is 0 Å². The van der Waals surface area contributed by atoms with Gasteiger partial charge in [-0.05, 0) is 25.8 Å². The first-order valence-corrected chi connectivity index (χ1v) is 7.09. The number of hydrogen-bond acceptors (Lipinski definition) is 3. The zero-order chi connectivity index (χ0) is 13.4. The highest BCUT2D eigenvalue weighted by Gasteiger charge is 2.21. The molecule has 0 aromatic heterocycles. The molecule has 1 saturated heterocycles. The Kier molecular flexibility index (Phi) is 7.05. The first-order chi connectivity index (χ1) is 8.71. The number of aliphatic hydroxyl groups excluding tert-OH is 1. The third-order valence-electron chi connectivity index (χ3n) is 3.51. The van der Waals surface area contributed by atoms with Crippen LogP contribution in [0, 0.1) is 0 Å². The molecule has 1 aliphatic rings. The predicted octanol–water partition coefficient (Wildman–Crippen LogP) is 0.885. The molecule has 0 unspecified atom stereocenters. The molecule has 0 spiro atoms. The van der Waals surface area contributed by atoms with E-state index < -0.39 is 0 Å². The highest BCUT2D eigenvalue weighted by Crippen LogP contribution is 2.10. The lowest BCUT2D eigenvalue weighted by molar-refractivity contribution is 0.162. The Bertz CT molecular complexity index is 234. The van der Waals surface area contributed by atoms with Gasteiger partial charge in [0.1, 0.15) is 0 Å². The second kappa shape index (κ2) is 8.32. The molecule has 5 nitrogen and oxygen atoms in total. The number of urea groups is 1. The Morgan fingerprint density at radius 3 is 2.50 bits per heavy atom. The van der Waals surface area contributed by atoms with Gasteiger partial charge in [-0.25, -0.2) is 4.79 Å². The smallest absolute Gasteiger partial charge is 0.317 e. The van der Waals surface area contributed by atoms with Crippen molar-refractivity contribution in [2.45, 2.75) is 39.2 Å². The monoisotopic (exact) mass is 257 g/mol. The van der Waals surface area contributed by atoms with Crippen molar-refractivity contribution in [2.75, 3.05) is 39.3 Å². The number of carbonyl (C=O) groups excluding carboxylic acids is 1. The molecule has 0 aromatic carbocycles.